The van der Waals surface area contributed by atoms with Gasteiger partial charge < -0.3 is 20.0 Å². The van der Waals surface area contributed by atoms with Gasteiger partial charge in [0.05, 0.1) is 0 Å². The average Bonchev–Trinajstić information content (AvgIpc) is 2.72. The topological polar surface area (TPSA) is 51.2 Å². The number of allylic oxidation sites excluding steroid dienone is 1. The molecule has 1 aromatic rings. The number of unbranched alkanes of at least 4 members (excludes halogenated alkanes) is 1. The minimum atomic E-state index is -0.230. The minimum Gasteiger partial charge on any atom is -0.368 e. The fourth-order valence-corrected chi connectivity index (χ4v) is 3.27. The van der Waals surface area contributed by atoms with Crippen molar-refractivity contribution in [2.24, 2.45) is 4.99 Å². The number of nitrogens with one attached hydrogen (secondary N) is 1. The highest BCUT2D eigenvalue weighted by Gasteiger charge is 2.21. The lowest BCUT2D eigenvalue weighted by atomic mass is 10.2. The van der Waals surface area contributed by atoms with Crippen LogP contribution in [-0.4, -0.2) is 75.0 Å². The summed E-state index contributed by atoms with van der Waals surface area (Å²) < 4.78 is 13.1. The lowest BCUT2D eigenvalue weighted by Gasteiger charge is -2.36. The summed E-state index contributed by atoms with van der Waals surface area (Å²) in [5, 5.41) is 3.26. The molecule has 1 fully saturated rings. The van der Waals surface area contributed by atoms with E-state index in [0.717, 1.165) is 44.1 Å². The molecule has 6 nitrogen and oxygen atoms in total. The lowest BCUT2D eigenvalue weighted by Crippen LogP contribution is -2.49. The normalized spacial score (nSPS) is 14.2. The fourth-order valence-electron chi connectivity index (χ4n) is 3.27. The third-order valence-electron chi connectivity index (χ3n) is 4.92. The van der Waals surface area contributed by atoms with Crippen molar-refractivity contribution >= 4 is 41.5 Å². The molecule has 0 aromatic heterocycles. The highest BCUT2D eigenvalue weighted by molar-refractivity contribution is 14.0. The number of nitrogens with zero attached hydrogens (tertiary/aromatic N) is 4. The first kappa shape index (κ1) is 25.2. The first-order chi connectivity index (χ1) is 13.5. The quantitative estimate of drug-likeness (QED) is 0.190. The van der Waals surface area contributed by atoms with Gasteiger partial charge in [-0.1, -0.05) is 6.08 Å². The van der Waals surface area contributed by atoms with Gasteiger partial charge >= 0.3 is 0 Å². The second-order valence-electron chi connectivity index (χ2n) is 6.92. The predicted molar refractivity (Wildman–Crippen MR) is 129 cm³/mol. The molecule has 1 saturated heterocycles. The van der Waals surface area contributed by atoms with E-state index in [9.17, 15) is 9.18 Å². The summed E-state index contributed by atoms with van der Waals surface area (Å²) in [6.07, 6.45) is 4.36. The van der Waals surface area contributed by atoms with Crippen LogP contribution in [0, 0.1) is 5.82 Å². The third kappa shape index (κ3) is 8.20. The molecular formula is C21H33FIN5O. The SMILES string of the molecule is C=CCCCN(C)C(=NC)NCCC(=O)N1CCN(c2ccc(F)cc2)CC1.I. The molecule has 0 radical (unpaired) electrons. The van der Waals surface area contributed by atoms with E-state index in [4.69, 9.17) is 0 Å². The van der Waals surface area contributed by atoms with Crippen LogP contribution in [0.1, 0.15) is 19.3 Å². The maximum atomic E-state index is 13.1. The van der Waals surface area contributed by atoms with Crippen molar-refractivity contribution in [2.75, 3.05) is 58.3 Å². The molecular weight excluding hydrogens is 484 g/mol. The van der Waals surface area contributed by atoms with Gasteiger partial charge in [-0.2, -0.15) is 0 Å². The van der Waals surface area contributed by atoms with Gasteiger partial charge in [0.15, 0.2) is 5.96 Å². The van der Waals surface area contributed by atoms with Gasteiger partial charge in [-0.15, -0.1) is 30.6 Å². The number of amides is 1. The first-order valence-electron chi connectivity index (χ1n) is 9.86. The van der Waals surface area contributed by atoms with Crippen LogP contribution in [0.25, 0.3) is 0 Å². The van der Waals surface area contributed by atoms with Crippen LogP contribution >= 0.6 is 24.0 Å². The van der Waals surface area contributed by atoms with Crippen molar-refractivity contribution in [3.63, 3.8) is 0 Å². The highest BCUT2D eigenvalue weighted by Crippen LogP contribution is 2.17. The molecule has 1 aromatic carbocycles. The summed E-state index contributed by atoms with van der Waals surface area (Å²) in [6, 6.07) is 6.52. The molecule has 1 amide bonds. The number of hydrogen-bond donors (Lipinski definition) is 1. The molecule has 0 atom stereocenters. The number of rotatable bonds is 8. The van der Waals surface area contributed by atoms with Crippen molar-refractivity contribution in [2.45, 2.75) is 19.3 Å². The zero-order chi connectivity index (χ0) is 20.4. The third-order valence-corrected chi connectivity index (χ3v) is 4.92. The van der Waals surface area contributed by atoms with Crippen molar-refractivity contribution in [3.8, 4) is 0 Å². The van der Waals surface area contributed by atoms with Crippen molar-refractivity contribution < 1.29 is 9.18 Å². The van der Waals surface area contributed by atoms with Gasteiger partial charge in [0.25, 0.3) is 0 Å². The summed E-state index contributed by atoms with van der Waals surface area (Å²) in [7, 11) is 3.75. The van der Waals surface area contributed by atoms with E-state index in [1.807, 2.05) is 18.0 Å². The smallest absolute Gasteiger partial charge is 0.224 e. The Kier molecular flexibility index (Phi) is 11.6. The van der Waals surface area contributed by atoms with Crippen LogP contribution in [-0.2, 0) is 4.79 Å². The Morgan fingerprint density at radius 2 is 1.93 bits per heavy atom. The Balaban J connectivity index is 0.00000420. The lowest BCUT2D eigenvalue weighted by molar-refractivity contribution is -0.131. The van der Waals surface area contributed by atoms with Crippen LogP contribution in [0.3, 0.4) is 0 Å². The maximum absolute atomic E-state index is 13.1. The van der Waals surface area contributed by atoms with E-state index in [-0.39, 0.29) is 35.7 Å². The largest absolute Gasteiger partial charge is 0.368 e. The molecule has 162 valence electrons. The standard InChI is InChI=1S/C21H32FN5O.HI/c1-4-5-6-13-25(3)21(23-2)24-12-11-20(28)27-16-14-26(15-17-27)19-9-7-18(22)8-10-19;/h4,7-10H,1,5-6,11-17H2,2-3H3,(H,23,24);1H. The molecule has 0 unspecified atom stereocenters. The molecule has 29 heavy (non-hydrogen) atoms. The van der Waals surface area contributed by atoms with Crippen molar-refractivity contribution in [1.82, 2.24) is 15.1 Å². The Morgan fingerprint density at radius 1 is 1.28 bits per heavy atom. The molecule has 1 aliphatic rings. The first-order valence-corrected chi connectivity index (χ1v) is 9.86. The van der Waals surface area contributed by atoms with Gasteiger partial charge in [-0.05, 0) is 37.1 Å². The minimum absolute atomic E-state index is 0. The molecule has 1 aliphatic heterocycles. The number of piperazine rings is 1. The summed E-state index contributed by atoms with van der Waals surface area (Å²) in [5.74, 6) is 0.723. The maximum Gasteiger partial charge on any atom is 0.224 e. The van der Waals surface area contributed by atoms with Gasteiger partial charge in [0.2, 0.25) is 5.91 Å². The Hall–Kier alpha value is -1.84. The van der Waals surface area contributed by atoms with E-state index in [1.165, 1.54) is 12.1 Å². The average molecular weight is 517 g/mol. The van der Waals surface area contributed by atoms with Gasteiger partial charge in [-0.3, -0.25) is 9.79 Å². The predicted octanol–water partition coefficient (Wildman–Crippen LogP) is 2.96. The number of carbonyl (C=O) groups is 1. The summed E-state index contributed by atoms with van der Waals surface area (Å²) in [5.41, 5.74) is 0.999. The number of carbonyl (C=O) groups excluding carboxylic acids is 1. The van der Waals surface area contributed by atoms with E-state index >= 15 is 0 Å². The van der Waals surface area contributed by atoms with E-state index in [0.29, 0.717) is 26.1 Å². The summed E-state index contributed by atoms with van der Waals surface area (Å²) in [6.45, 7) is 8.09. The monoisotopic (exact) mass is 517 g/mol. The van der Waals surface area contributed by atoms with E-state index in [1.54, 1.807) is 19.2 Å². The van der Waals surface area contributed by atoms with Crippen molar-refractivity contribution in [1.29, 1.82) is 0 Å². The van der Waals surface area contributed by atoms with E-state index < -0.39 is 0 Å². The number of anilines is 1. The van der Waals surface area contributed by atoms with Crippen LogP contribution < -0.4 is 10.2 Å². The highest BCUT2D eigenvalue weighted by atomic mass is 127. The number of guanidine groups is 1. The molecule has 2 rings (SSSR count). The van der Waals surface area contributed by atoms with Gasteiger partial charge in [0, 0.05) is 65.5 Å². The van der Waals surface area contributed by atoms with Gasteiger partial charge in [-0.25, -0.2) is 4.39 Å². The Morgan fingerprint density at radius 3 is 2.52 bits per heavy atom. The van der Waals surface area contributed by atoms with E-state index in [2.05, 4.69) is 26.7 Å². The summed E-state index contributed by atoms with van der Waals surface area (Å²) >= 11 is 0. The zero-order valence-electron chi connectivity index (χ0n) is 17.4. The number of benzene rings is 1. The van der Waals surface area contributed by atoms with Crippen LogP contribution in [0.15, 0.2) is 41.9 Å². The second-order valence-corrected chi connectivity index (χ2v) is 6.92. The number of halogens is 2. The number of aliphatic imine (C=N–C) groups is 1. The summed E-state index contributed by atoms with van der Waals surface area (Å²) in [4.78, 5) is 22.9. The van der Waals surface area contributed by atoms with Crippen LogP contribution in [0.5, 0.6) is 0 Å². The molecule has 0 bridgehead atoms. The molecule has 0 saturated carbocycles. The zero-order valence-corrected chi connectivity index (χ0v) is 19.8. The number of hydrogen-bond acceptors (Lipinski definition) is 3. The van der Waals surface area contributed by atoms with Crippen LogP contribution in [0.2, 0.25) is 0 Å². The molecule has 1 heterocycles. The Bertz CT molecular complexity index is 660. The fraction of sp³-hybridized carbons (Fsp3) is 0.524. The molecule has 8 heteroatoms. The van der Waals surface area contributed by atoms with Crippen LogP contribution in [0.4, 0.5) is 10.1 Å². The van der Waals surface area contributed by atoms with Gasteiger partial charge in [0.1, 0.15) is 5.82 Å². The molecule has 0 aliphatic carbocycles. The van der Waals surface area contributed by atoms with Crippen molar-refractivity contribution in [3.05, 3.63) is 42.7 Å². The molecule has 1 N–H and O–H groups in total. The Labute approximate surface area is 190 Å². The second kappa shape index (κ2) is 13.4. The molecule has 0 spiro atoms.